The third kappa shape index (κ3) is 4.72. The number of aryl methyl sites for hydroxylation is 2. The molecular weight excluding hydrogens is 326 g/mol. The number of nitrogens with zero attached hydrogens (tertiary/aromatic N) is 1. The Hall–Kier alpha value is -1.56. The molecule has 0 N–H and O–H groups in total. The van der Waals surface area contributed by atoms with Gasteiger partial charge in [0.1, 0.15) is 5.75 Å². The van der Waals surface area contributed by atoms with E-state index in [0.717, 1.165) is 29.7 Å². The molecule has 1 saturated heterocycles. The van der Waals surface area contributed by atoms with E-state index in [4.69, 9.17) is 4.74 Å². The molecule has 1 aromatic rings. The van der Waals surface area contributed by atoms with Gasteiger partial charge in [-0.05, 0) is 37.8 Å². The second-order valence-corrected chi connectivity index (χ2v) is 8.74. The van der Waals surface area contributed by atoms with Crippen LogP contribution in [0.2, 0.25) is 0 Å². The van der Waals surface area contributed by atoms with Crippen LogP contribution in [0.3, 0.4) is 0 Å². The summed E-state index contributed by atoms with van der Waals surface area (Å²) in [6, 6.07) is 5.64. The number of benzene rings is 1. The van der Waals surface area contributed by atoms with E-state index in [1.807, 2.05) is 32.0 Å². The van der Waals surface area contributed by atoms with Crippen molar-refractivity contribution in [2.45, 2.75) is 46.1 Å². The van der Waals surface area contributed by atoms with Gasteiger partial charge >= 0.3 is 0 Å². The third-order valence-corrected chi connectivity index (χ3v) is 6.22. The Morgan fingerprint density at radius 1 is 1.29 bits per heavy atom. The molecule has 1 fully saturated rings. The van der Waals surface area contributed by atoms with Gasteiger partial charge in [-0.3, -0.25) is 4.79 Å². The number of carbonyl (C=O) groups excluding carboxylic acids is 1. The molecule has 0 radical (unpaired) electrons. The summed E-state index contributed by atoms with van der Waals surface area (Å²) >= 11 is 0. The van der Waals surface area contributed by atoms with Crippen molar-refractivity contribution in [3.05, 3.63) is 29.3 Å². The molecule has 0 spiro atoms. The lowest BCUT2D eigenvalue weighted by molar-refractivity contribution is -0.135. The fraction of sp³-hybridized carbons (Fsp3) is 0.611. The molecule has 1 heterocycles. The van der Waals surface area contributed by atoms with Gasteiger partial charge in [-0.15, -0.1) is 0 Å². The highest BCUT2D eigenvalue weighted by molar-refractivity contribution is 7.91. The normalized spacial score (nSPS) is 19.2. The first-order valence-corrected chi connectivity index (χ1v) is 10.3. The minimum Gasteiger partial charge on any atom is -0.483 e. The Balaban J connectivity index is 2.05. The first-order chi connectivity index (χ1) is 11.3. The summed E-state index contributed by atoms with van der Waals surface area (Å²) in [5.41, 5.74) is 1.98. The molecule has 0 aromatic heterocycles. The molecule has 1 atom stereocenters. The molecule has 134 valence electrons. The average molecular weight is 353 g/mol. The van der Waals surface area contributed by atoms with Crippen molar-refractivity contribution in [2.75, 3.05) is 24.7 Å². The zero-order valence-corrected chi connectivity index (χ0v) is 15.6. The number of ether oxygens (including phenoxy) is 1. The maximum atomic E-state index is 12.6. The van der Waals surface area contributed by atoms with Crippen LogP contribution < -0.4 is 4.74 Å². The monoisotopic (exact) mass is 353 g/mol. The van der Waals surface area contributed by atoms with E-state index in [1.54, 1.807) is 4.90 Å². The molecule has 0 bridgehead atoms. The van der Waals surface area contributed by atoms with Gasteiger partial charge in [0, 0.05) is 12.6 Å². The Kier molecular flexibility index (Phi) is 6.27. The van der Waals surface area contributed by atoms with Gasteiger partial charge in [0.25, 0.3) is 5.91 Å². The van der Waals surface area contributed by atoms with Crippen LogP contribution in [0.25, 0.3) is 0 Å². The van der Waals surface area contributed by atoms with Crippen LogP contribution in [0, 0.1) is 13.8 Å². The molecule has 24 heavy (non-hydrogen) atoms. The standard InChI is InChI=1S/C18H27NO4S/c1-4-5-10-19(16-9-11-24(21,22)13-16)17(20)12-23-18-14(2)7-6-8-15(18)3/h6-8,16H,4-5,9-13H2,1-3H3. The smallest absolute Gasteiger partial charge is 0.260 e. The SMILES string of the molecule is CCCCN(C(=O)COc1c(C)cccc1C)C1CCS(=O)(=O)C1. The molecule has 6 heteroatoms. The number of carbonyl (C=O) groups is 1. The molecule has 1 unspecified atom stereocenters. The summed E-state index contributed by atoms with van der Waals surface area (Å²) in [5.74, 6) is 0.852. The van der Waals surface area contributed by atoms with Gasteiger partial charge in [0.05, 0.1) is 11.5 Å². The van der Waals surface area contributed by atoms with Crippen LogP contribution >= 0.6 is 0 Å². The first-order valence-electron chi connectivity index (χ1n) is 8.53. The van der Waals surface area contributed by atoms with Crippen LogP contribution in [0.5, 0.6) is 5.75 Å². The van der Waals surface area contributed by atoms with Crippen molar-refractivity contribution >= 4 is 15.7 Å². The fourth-order valence-electron chi connectivity index (χ4n) is 3.10. The first kappa shape index (κ1) is 18.8. The van der Waals surface area contributed by atoms with Gasteiger partial charge in [-0.25, -0.2) is 8.42 Å². The van der Waals surface area contributed by atoms with Crippen molar-refractivity contribution in [3.8, 4) is 5.75 Å². The highest BCUT2D eigenvalue weighted by Gasteiger charge is 2.34. The van der Waals surface area contributed by atoms with Gasteiger partial charge in [-0.1, -0.05) is 31.5 Å². The molecule has 2 rings (SSSR count). The maximum absolute atomic E-state index is 12.6. The molecule has 0 saturated carbocycles. The molecule has 5 nitrogen and oxygen atoms in total. The van der Waals surface area contributed by atoms with Crippen molar-refractivity contribution in [2.24, 2.45) is 0 Å². The Morgan fingerprint density at radius 2 is 1.96 bits per heavy atom. The summed E-state index contributed by atoms with van der Waals surface area (Å²) in [7, 11) is -3.01. The quantitative estimate of drug-likeness (QED) is 0.755. The lowest BCUT2D eigenvalue weighted by Gasteiger charge is -2.28. The Bertz CT molecular complexity index is 664. The van der Waals surface area contributed by atoms with E-state index in [2.05, 4.69) is 6.92 Å². The van der Waals surface area contributed by atoms with Crippen LogP contribution in [0.1, 0.15) is 37.3 Å². The van der Waals surface area contributed by atoms with E-state index in [1.165, 1.54) is 0 Å². The number of hydrogen-bond acceptors (Lipinski definition) is 4. The summed E-state index contributed by atoms with van der Waals surface area (Å²) in [5, 5.41) is 0. The third-order valence-electron chi connectivity index (χ3n) is 4.47. The average Bonchev–Trinajstić information content (AvgIpc) is 2.87. The van der Waals surface area contributed by atoms with Crippen LogP contribution in [-0.4, -0.2) is 49.9 Å². The number of amides is 1. The molecule has 0 aliphatic carbocycles. The molecule has 1 aliphatic rings. The Labute approximate surface area is 144 Å². The maximum Gasteiger partial charge on any atom is 0.260 e. The number of unbranched alkanes of at least 4 members (excludes halogenated alkanes) is 1. The number of para-hydroxylation sites is 1. The van der Waals surface area contributed by atoms with E-state index >= 15 is 0 Å². The largest absolute Gasteiger partial charge is 0.483 e. The van der Waals surface area contributed by atoms with Gasteiger partial charge < -0.3 is 9.64 Å². The zero-order chi connectivity index (χ0) is 17.7. The van der Waals surface area contributed by atoms with Gasteiger partial charge in [0.15, 0.2) is 16.4 Å². The summed E-state index contributed by atoms with van der Waals surface area (Å²) < 4.78 is 29.2. The van der Waals surface area contributed by atoms with Crippen molar-refractivity contribution in [1.82, 2.24) is 4.90 Å². The predicted octanol–water partition coefficient (Wildman–Crippen LogP) is 2.50. The zero-order valence-electron chi connectivity index (χ0n) is 14.7. The van der Waals surface area contributed by atoms with E-state index in [-0.39, 0.29) is 30.1 Å². The fourth-order valence-corrected chi connectivity index (χ4v) is 4.83. The van der Waals surface area contributed by atoms with E-state index in [9.17, 15) is 13.2 Å². The summed E-state index contributed by atoms with van der Waals surface area (Å²) in [6.45, 7) is 6.50. The second-order valence-electron chi connectivity index (χ2n) is 6.51. The number of rotatable bonds is 7. The summed E-state index contributed by atoms with van der Waals surface area (Å²) in [6.07, 6.45) is 2.36. The van der Waals surface area contributed by atoms with Gasteiger partial charge in [-0.2, -0.15) is 0 Å². The van der Waals surface area contributed by atoms with Crippen molar-refractivity contribution in [3.63, 3.8) is 0 Å². The van der Waals surface area contributed by atoms with Crippen LogP contribution in [0.15, 0.2) is 18.2 Å². The second kappa shape index (κ2) is 8.01. The highest BCUT2D eigenvalue weighted by atomic mass is 32.2. The molecule has 1 aliphatic heterocycles. The molecule has 1 amide bonds. The topological polar surface area (TPSA) is 63.7 Å². The van der Waals surface area contributed by atoms with Gasteiger partial charge in [0.2, 0.25) is 0 Å². The van der Waals surface area contributed by atoms with E-state index in [0.29, 0.717) is 13.0 Å². The number of sulfone groups is 1. The number of hydrogen-bond donors (Lipinski definition) is 0. The van der Waals surface area contributed by atoms with Crippen molar-refractivity contribution < 1.29 is 17.9 Å². The lowest BCUT2D eigenvalue weighted by atomic mass is 10.1. The molecule has 1 aromatic carbocycles. The highest BCUT2D eigenvalue weighted by Crippen LogP contribution is 2.23. The minimum atomic E-state index is -3.01. The minimum absolute atomic E-state index is 0.0496. The van der Waals surface area contributed by atoms with Crippen molar-refractivity contribution in [1.29, 1.82) is 0 Å². The lowest BCUT2D eigenvalue weighted by Crippen LogP contribution is -2.44. The van der Waals surface area contributed by atoms with Crippen LogP contribution in [-0.2, 0) is 14.6 Å². The van der Waals surface area contributed by atoms with Crippen LogP contribution in [0.4, 0.5) is 0 Å². The predicted molar refractivity (Wildman–Crippen MR) is 95.1 cm³/mol. The molecular formula is C18H27NO4S. The summed E-state index contributed by atoms with van der Waals surface area (Å²) in [4.78, 5) is 14.4. The Morgan fingerprint density at radius 3 is 2.50 bits per heavy atom. The van der Waals surface area contributed by atoms with E-state index < -0.39 is 9.84 Å².